The van der Waals surface area contributed by atoms with Gasteiger partial charge in [0.1, 0.15) is 0 Å². The summed E-state index contributed by atoms with van der Waals surface area (Å²) in [6, 6.07) is 13.1. The van der Waals surface area contributed by atoms with Crippen LogP contribution in [0.25, 0.3) is 11.3 Å². The number of hydrogen-bond donors (Lipinski definition) is 0. The molecule has 0 amide bonds. The summed E-state index contributed by atoms with van der Waals surface area (Å²) in [5.74, 6) is 1.18. The molecule has 0 saturated carbocycles. The van der Waals surface area contributed by atoms with Crippen LogP contribution in [0.2, 0.25) is 0 Å². The molecule has 1 aromatic heterocycles. The first-order valence-electron chi connectivity index (χ1n) is 10.4. The summed E-state index contributed by atoms with van der Waals surface area (Å²) in [4.78, 5) is 6.66. The van der Waals surface area contributed by atoms with Gasteiger partial charge in [0.05, 0.1) is 16.8 Å². The normalized spacial score (nSPS) is 17.2. The van der Waals surface area contributed by atoms with Gasteiger partial charge in [-0.15, -0.1) is 0 Å². The zero-order chi connectivity index (χ0) is 20.7. The van der Waals surface area contributed by atoms with Gasteiger partial charge in [-0.05, 0) is 60.8 Å². The number of oxazole rings is 1. The van der Waals surface area contributed by atoms with E-state index in [2.05, 4.69) is 28.9 Å². The number of aromatic nitrogens is 1. The predicted molar refractivity (Wildman–Crippen MR) is 116 cm³/mol. The summed E-state index contributed by atoms with van der Waals surface area (Å²) in [6.07, 6.45) is 4.91. The molecular formula is C23H25N3O3S. The van der Waals surface area contributed by atoms with Crippen LogP contribution in [0.15, 0.2) is 64.4 Å². The molecule has 156 valence electrons. The number of anilines is 1. The Labute approximate surface area is 177 Å². The van der Waals surface area contributed by atoms with E-state index in [1.165, 1.54) is 18.4 Å². The number of likely N-dealkylation sites (tertiary alicyclic amines) is 1. The van der Waals surface area contributed by atoms with Crippen LogP contribution in [0.5, 0.6) is 0 Å². The lowest BCUT2D eigenvalue weighted by Gasteiger charge is -2.39. The van der Waals surface area contributed by atoms with Crippen molar-refractivity contribution >= 4 is 15.7 Å². The molecule has 0 unspecified atom stereocenters. The Bertz CT molecular complexity index is 1130. The fourth-order valence-corrected chi connectivity index (χ4v) is 5.95. The van der Waals surface area contributed by atoms with Crippen LogP contribution in [0.4, 0.5) is 5.69 Å². The Morgan fingerprint density at radius 2 is 1.93 bits per heavy atom. The van der Waals surface area contributed by atoms with Crippen LogP contribution >= 0.6 is 0 Å². The average molecular weight is 424 g/mol. The highest BCUT2D eigenvalue weighted by Gasteiger charge is 2.33. The third kappa shape index (κ3) is 3.32. The Hall–Kier alpha value is -2.64. The average Bonchev–Trinajstić information content (AvgIpc) is 3.40. The Balaban J connectivity index is 1.36. The minimum Gasteiger partial charge on any atom is -0.444 e. The molecule has 1 saturated heterocycles. The Morgan fingerprint density at radius 1 is 1.13 bits per heavy atom. The number of hydrogen-bond acceptors (Lipinski definition) is 5. The monoisotopic (exact) mass is 423 g/mol. The van der Waals surface area contributed by atoms with Gasteiger partial charge in [-0.3, -0.25) is 4.31 Å². The molecule has 2 aliphatic rings. The molecule has 6 nitrogen and oxygen atoms in total. The quantitative estimate of drug-likeness (QED) is 0.602. The second kappa shape index (κ2) is 7.56. The van der Waals surface area contributed by atoms with E-state index in [1.54, 1.807) is 34.8 Å². The van der Waals surface area contributed by atoms with Crippen LogP contribution in [0.3, 0.4) is 0 Å². The minimum atomic E-state index is -3.60. The topological polar surface area (TPSA) is 66.7 Å². The molecule has 0 N–H and O–H groups in total. The van der Waals surface area contributed by atoms with Crippen molar-refractivity contribution in [1.82, 2.24) is 9.88 Å². The van der Waals surface area contributed by atoms with Crippen molar-refractivity contribution in [2.75, 3.05) is 30.5 Å². The molecule has 5 rings (SSSR count). The molecule has 30 heavy (non-hydrogen) atoms. The van der Waals surface area contributed by atoms with E-state index in [4.69, 9.17) is 4.42 Å². The van der Waals surface area contributed by atoms with E-state index in [9.17, 15) is 8.42 Å². The molecule has 2 aliphatic heterocycles. The van der Waals surface area contributed by atoms with Crippen molar-refractivity contribution in [3.63, 3.8) is 0 Å². The van der Waals surface area contributed by atoms with Crippen LogP contribution in [0, 0.1) is 0 Å². The second-order valence-electron chi connectivity index (χ2n) is 8.06. The number of nitrogens with zero attached hydrogens (tertiary/aromatic N) is 3. The van der Waals surface area contributed by atoms with Gasteiger partial charge in [0.15, 0.2) is 12.2 Å². The van der Waals surface area contributed by atoms with Crippen molar-refractivity contribution < 1.29 is 12.8 Å². The van der Waals surface area contributed by atoms with Gasteiger partial charge < -0.3 is 9.32 Å². The molecule has 1 fully saturated rings. The van der Waals surface area contributed by atoms with E-state index >= 15 is 0 Å². The third-order valence-electron chi connectivity index (χ3n) is 6.08. The van der Waals surface area contributed by atoms with Crippen LogP contribution < -0.4 is 4.31 Å². The summed E-state index contributed by atoms with van der Waals surface area (Å²) in [5.41, 5.74) is 4.07. The van der Waals surface area contributed by atoms with Crippen LogP contribution in [-0.2, 0) is 16.4 Å². The Kier molecular flexibility index (Phi) is 4.87. The second-order valence-corrected chi connectivity index (χ2v) is 9.92. The summed E-state index contributed by atoms with van der Waals surface area (Å²) in [5, 5.41) is 0. The molecule has 3 aromatic rings. The van der Waals surface area contributed by atoms with Crippen molar-refractivity contribution in [3.8, 4) is 11.3 Å². The smallest absolute Gasteiger partial charge is 0.264 e. The highest BCUT2D eigenvalue weighted by atomic mass is 32.2. The van der Waals surface area contributed by atoms with Crippen molar-refractivity contribution in [1.29, 1.82) is 0 Å². The van der Waals surface area contributed by atoms with Crippen LogP contribution in [-0.4, -0.2) is 44.5 Å². The molecule has 3 heterocycles. The first-order chi connectivity index (χ1) is 14.6. The van der Waals surface area contributed by atoms with Gasteiger partial charge in [0.25, 0.3) is 10.0 Å². The fourth-order valence-electron chi connectivity index (χ4n) is 4.45. The summed E-state index contributed by atoms with van der Waals surface area (Å²) in [7, 11) is -3.60. The van der Waals surface area contributed by atoms with E-state index < -0.39 is 10.0 Å². The maximum Gasteiger partial charge on any atom is 0.264 e. The number of fused-ring (bicyclic) bond motifs is 1. The van der Waals surface area contributed by atoms with Crippen molar-refractivity contribution in [3.05, 3.63) is 66.2 Å². The predicted octanol–water partition coefficient (Wildman–Crippen LogP) is 3.90. The van der Waals surface area contributed by atoms with Crippen LogP contribution in [0.1, 0.15) is 30.4 Å². The third-order valence-corrected chi connectivity index (χ3v) is 7.91. The first kappa shape index (κ1) is 19.3. The highest BCUT2D eigenvalue weighted by Crippen LogP contribution is 2.37. The van der Waals surface area contributed by atoms with E-state index in [-0.39, 0.29) is 4.90 Å². The standard InChI is InChI=1S/C23H25N3O3S/c1-2-10-25-14-20(15-25)18-5-8-22-19(12-18)9-11-26(22)30(27,28)21-6-3-17(4-7-21)23-13-24-16-29-23/h3-8,12-13,16,20H,2,9-11,14-15H2,1H3. The van der Waals surface area contributed by atoms with E-state index in [0.29, 0.717) is 18.2 Å². The molecular weight excluding hydrogens is 398 g/mol. The lowest BCUT2D eigenvalue weighted by atomic mass is 9.90. The van der Waals surface area contributed by atoms with Gasteiger partial charge in [-0.2, -0.15) is 0 Å². The zero-order valence-electron chi connectivity index (χ0n) is 17.0. The molecule has 0 radical (unpaired) electrons. The van der Waals surface area contributed by atoms with Gasteiger partial charge in [-0.1, -0.05) is 19.1 Å². The summed E-state index contributed by atoms with van der Waals surface area (Å²) in [6.45, 7) is 6.05. The Morgan fingerprint density at radius 3 is 2.63 bits per heavy atom. The zero-order valence-corrected chi connectivity index (χ0v) is 17.8. The van der Waals surface area contributed by atoms with E-state index in [1.807, 2.05) is 6.07 Å². The van der Waals surface area contributed by atoms with Gasteiger partial charge in [-0.25, -0.2) is 13.4 Å². The molecule has 0 aliphatic carbocycles. The summed E-state index contributed by atoms with van der Waals surface area (Å²) >= 11 is 0. The number of sulfonamides is 1. The maximum atomic E-state index is 13.3. The van der Waals surface area contributed by atoms with Gasteiger partial charge in [0.2, 0.25) is 0 Å². The largest absolute Gasteiger partial charge is 0.444 e. The maximum absolute atomic E-state index is 13.3. The van der Waals surface area contributed by atoms with Crippen molar-refractivity contribution in [2.45, 2.75) is 30.6 Å². The highest BCUT2D eigenvalue weighted by molar-refractivity contribution is 7.92. The molecule has 7 heteroatoms. The van der Waals surface area contributed by atoms with Gasteiger partial charge >= 0.3 is 0 Å². The lowest BCUT2D eigenvalue weighted by Crippen LogP contribution is -2.45. The lowest BCUT2D eigenvalue weighted by molar-refractivity contribution is 0.149. The molecule has 0 spiro atoms. The number of rotatable bonds is 6. The van der Waals surface area contributed by atoms with E-state index in [0.717, 1.165) is 42.9 Å². The van der Waals surface area contributed by atoms with Crippen molar-refractivity contribution in [2.24, 2.45) is 0 Å². The van der Waals surface area contributed by atoms with Gasteiger partial charge in [0, 0.05) is 31.1 Å². The molecule has 0 bridgehead atoms. The number of benzene rings is 2. The first-order valence-corrected chi connectivity index (χ1v) is 11.9. The molecule has 2 aromatic carbocycles. The minimum absolute atomic E-state index is 0.289. The SMILES string of the molecule is CCCN1CC(c2ccc3c(c2)CCN3S(=O)(=O)c2ccc(-c3cnco3)cc2)C1. The molecule has 0 atom stereocenters. The summed E-state index contributed by atoms with van der Waals surface area (Å²) < 4.78 is 33.4. The fraction of sp³-hybridized carbons (Fsp3) is 0.348.